The van der Waals surface area contributed by atoms with Gasteiger partial charge in [-0.2, -0.15) is 0 Å². The van der Waals surface area contributed by atoms with Gasteiger partial charge in [0.2, 0.25) is 0 Å². The summed E-state index contributed by atoms with van der Waals surface area (Å²) in [4.78, 5) is 10.3. The number of carbonyl (C=O) groups is 1. The van der Waals surface area contributed by atoms with Crippen molar-refractivity contribution >= 4 is 17.3 Å². The van der Waals surface area contributed by atoms with E-state index in [1.54, 1.807) is 6.07 Å². The first-order chi connectivity index (χ1) is 5.24. The minimum Gasteiger partial charge on any atom is -0.487 e. The molecule has 0 fully saturated rings. The lowest BCUT2D eigenvalue weighted by molar-refractivity contribution is -0.136. The number of hydrogen-bond acceptors (Lipinski definition) is 3. The normalized spacial score (nSPS) is 9.55. The van der Waals surface area contributed by atoms with E-state index in [-0.39, 0.29) is 6.42 Å². The zero-order chi connectivity index (χ0) is 8.27. The summed E-state index contributed by atoms with van der Waals surface area (Å²) in [6.07, 6.45) is 0.0344. The monoisotopic (exact) mass is 172 g/mol. The van der Waals surface area contributed by atoms with Crippen molar-refractivity contribution in [1.29, 1.82) is 0 Å². The molecule has 4 heteroatoms. The van der Waals surface area contributed by atoms with Crippen molar-refractivity contribution in [3.63, 3.8) is 0 Å². The number of methoxy groups -OCH3 is 1. The minimum atomic E-state index is -0.832. The van der Waals surface area contributed by atoms with E-state index in [0.717, 1.165) is 5.56 Å². The fourth-order valence-electron chi connectivity index (χ4n) is 0.795. The molecule has 0 aliphatic heterocycles. The van der Waals surface area contributed by atoms with Gasteiger partial charge in [0.15, 0.2) is 5.06 Å². The topological polar surface area (TPSA) is 46.5 Å². The van der Waals surface area contributed by atoms with Gasteiger partial charge in [0.25, 0.3) is 0 Å². The first-order valence-corrected chi connectivity index (χ1v) is 3.94. The van der Waals surface area contributed by atoms with Crippen molar-refractivity contribution < 1.29 is 14.6 Å². The number of thiophene rings is 1. The molecule has 0 saturated carbocycles. The number of carboxylic acid groups (broad SMARTS) is 1. The minimum absolute atomic E-state index is 0.0344. The maximum Gasteiger partial charge on any atom is 0.307 e. The quantitative estimate of drug-likeness (QED) is 0.749. The first kappa shape index (κ1) is 8.07. The van der Waals surface area contributed by atoms with E-state index in [1.807, 2.05) is 5.38 Å². The van der Waals surface area contributed by atoms with Crippen LogP contribution in [0.5, 0.6) is 5.06 Å². The molecule has 60 valence electrons. The van der Waals surface area contributed by atoms with Crippen molar-refractivity contribution in [3.05, 3.63) is 17.0 Å². The Hall–Kier alpha value is -1.03. The lowest BCUT2D eigenvalue weighted by atomic mass is 10.2. The lowest BCUT2D eigenvalue weighted by Gasteiger charge is -1.97. The van der Waals surface area contributed by atoms with E-state index in [1.165, 1.54) is 18.4 Å². The molecule has 1 aromatic heterocycles. The molecule has 0 aromatic carbocycles. The fraction of sp³-hybridized carbons (Fsp3) is 0.286. The van der Waals surface area contributed by atoms with Crippen LogP contribution in [0, 0.1) is 0 Å². The largest absolute Gasteiger partial charge is 0.487 e. The van der Waals surface area contributed by atoms with Crippen LogP contribution < -0.4 is 4.74 Å². The van der Waals surface area contributed by atoms with E-state index in [0.29, 0.717) is 5.06 Å². The van der Waals surface area contributed by atoms with Gasteiger partial charge in [-0.05, 0) is 11.4 Å². The van der Waals surface area contributed by atoms with Crippen LogP contribution in [-0.2, 0) is 11.2 Å². The summed E-state index contributed by atoms with van der Waals surface area (Å²) in [6.45, 7) is 0. The van der Waals surface area contributed by atoms with Gasteiger partial charge in [0.1, 0.15) is 0 Å². The van der Waals surface area contributed by atoms with Gasteiger partial charge in [0.05, 0.1) is 13.5 Å². The summed E-state index contributed by atoms with van der Waals surface area (Å²) in [5.41, 5.74) is 0.741. The Balaban J connectivity index is 2.76. The molecule has 1 heterocycles. The summed E-state index contributed by atoms with van der Waals surface area (Å²) in [7, 11) is 1.54. The highest BCUT2D eigenvalue weighted by Crippen LogP contribution is 2.25. The molecular formula is C7H8O3S. The van der Waals surface area contributed by atoms with Crippen LogP contribution in [0.2, 0.25) is 0 Å². The van der Waals surface area contributed by atoms with Crippen LogP contribution in [0.25, 0.3) is 0 Å². The van der Waals surface area contributed by atoms with Crippen molar-refractivity contribution in [2.75, 3.05) is 7.11 Å². The van der Waals surface area contributed by atoms with Gasteiger partial charge in [-0.1, -0.05) is 0 Å². The summed E-state index contributed by atoms with van der Waals surface area (Å²) < 4.78 is 4.94. The van der Waals surface area contributed by atoms with E-state index in [2.05, 4.69) is 0 Å². The van der Waals surface area contributed by atoms with E-state index < -0.39 is 5.97 Å². The molecule has 0 radical (unpaired) electrons. The van der Waals surface area contributed by atoms with E-state index in [9.17, 15) is 4.79 Å². The van der Waals surface area contributed by atoms with Gasteiger partial charge in [-0.15, -0.1) is 11.3 Å². The maximum atomic E-state index is 10.3. The summed E-state index contributed by atoms with van der Waals surface area (Å²) >= 11 is 1.41. The van der Waals surface area contributed by atoms with Crippen molar-refractivity contribution in [1.82, 2.24) is 0 Å². The van der Waals surface area contributed by atoms with Crippen LogP contribution in [-0.4, -0.2) is 18.2 Å². The highest BCUT2D eigenvalue weighted by Gasteiger charge is 2.07. The molecule has 1 aromatic rings. The third-order valence-corrected chi connectivity index (χ3v) is 2.15. The van der Waals surface area contributed by atoms with Crippen LogP contribution in [0.1, 0.15) is 5.56 Å². The van der Waals surface area contributed by atoms with Gasteiger partial charge < -0.3 is 9.84 Å². The number of ether oxygens (including phenoxy) is 1. The van der Waals surface area contributed by atoms with Crippen LogP contribution in [0.4, 0.5) is 0 Å². The van der Waals surface area contributed by atoms with Crippen molar-refractivity contribution in [2.24, 2.45) is 0 Å². The average molecular weight is 172 g/mol. The first-order valence-electron chi connectivity index (χ1n) is 3.06. The van der Waals surface area contributed by atoms with Crippen LogP contribution in [0.15, 0.2) is 11.4 Å². The summed E-state index contributed by atoms with van der Waals surface area (Å²) in [5.74, 6) is -0.832. The summed E-state index contributed by atoms with van der Waals surface area (Å²) in [6, 6.07) is 1.76. The lowest BCUT2D eigenvalue weighted by Crippen LogP contribution is -1.99. The predicted molar refractivity (Wildman–Crippen MR) is 42.2 cm³/mol. The Bertz CT molecular complexity index is 254. The number of carboxylic acids is 1. The summed E-state index contributed by atoms with van der Waals surface area (Å²) in [5, 5.41) is 11.0. The molecule has 1 N–H and O–H groups in total. The Kier molecular flexibility index (Phi) is 2.48. The third kappa shape index (κ3) is 1.94. The molecule has 0 amide bonds. The van der Waals surface area contributed by atoms with Crippen molar-refractivity contribution in [3.8, 4) is 5.06 Å². The standard InChI is InChI=1S/C7H8O3S/c1-10-7-5(2-3-11-7)4-6(8)9/h2-3H,4H2,1H3,(H,8,9). The SMILES string of the molecule is COc1sccc1CC(=O)O. The van der Waals surface area contributed by atoms with Crippen molar-refractivity contribution in [2.45, 2.75) is 6.42 Å². The molecular weight excluding hydrogens is 164 g/mol. The molecule has 0 unspecified atom stereocenters. The highest BCUT2D eigenvalue weighted by atomic mass is 32.1. The molecule has 3 nitrogen and oxygen atoms in total. The smallest absolute Gasteiger partial charge is 0.307 e. The van der Waals surface area contributed by atoms with Gasteiger partial charge in [-0.25, -0.2) is 0 Å². The molecule has 11 heavy (non-hydrogen) atoms. The molecule has 0 atom stereocenters. The second-order valence-corrected chi connectivity index (χ2v) is 2.89. The second-order valence-electron chi connectivity index (χ2n) is 2.01. The predicted octanol–water partition coefficient (Wildman–Crippen LogP) is 1.38. The molecule has 0 aliphatic carbocycles. The van der Waals surface area contributed by atoms with Gasteiger partial charge in [-0.3, -0.25) is 4.79 Å². The maximum absolute atomic E-state index is 10.3. The van der Waals surface area contributed by atoms with Crippen LogP contribution in [0.3, 0.4) is 0 Å². The molecule has 0 aliphatic rings. The zero-order valence-corrected chi connectivity index (χ0v) is 6.85. The number of aliphatic carboxylic acids is 1. The Morgan fingerprint density at radius 2 is 2.55 bits per heavy atom. The average Bonchev–Trinajstić information content (AvgIpc) is 2.34. The molecule has 0 saturated heterocycles. The Morgan fingerprint density at radius 1 is 1.82 bits per heavy atom. The second kappa shape index (κ2) is 3.39. The Labute approximate surface area is 68.2 Å². The molecule has 0 spiro atoms. The molecule has 1 rings (SSSR count). The third-order valence-electron chi connectivity index (χ3n) is 1.23. The molecule has 0 bridgehead atoms. The fourth-order valence-corrected chi connectivity index (χ4v) is 1.54. The van der Waals surface area contributed by atoms with Gasteiger partial charge in [0, 0.05) is 5.56 Å². The Morgan fingerprint density at radius 3 is 3.09 bits per heavy atom. The van der Waals surface area contributed by atoms with Crippen LogP contribution >= 0.6 is 11.3 Å². The van der Waals surface area contributed by atoms with E-state index >= 15 is 0 Å². The van der Waals surface area contributed by atoms with Gasteiger partial charge >= 0.3 is 5.97 Å². The number of rotatable bonds is 3. The zero-order valence-electron chi connectivity index (χ0n) is 6.03. The number of hydrogen-bond donors (Lipinski definition) is 1. The van der Waals surface area contributed by atoms with E-state index in [4.69, 9.17) is 9.84 Å². The highest BCUT2D eigenvalue weighted by molar-refractivity contribution is 7.12.